The lowest BCUT2D eigenvalue weighted by molar-refractivity contribution is -0.120. The second-order valence-electron chi connectivity index (χ2n) is 6.08. The van der Waals surface area contributed by atoms with Gasteiger partial charge in [-0.05, 0) is 57.3 Å². The Hall–Kier alpha value is -0.970. The minimum Gasteiger partial charge on any atom is -0.370 e. The first kappa shape index (κ1) is 20.1. The number of hydrogen-bond donors (Lipinski definition) is 2. The number of nitrogens with zero attached hydrogens (tertiary/aromatic N) is 1. The van der Waals surface area contributed by atoms with Gasteiger partial charge in [0.1, 0.15) is 0 Å². The summed E-state index contributed by atoms with van der Waals surface area (Å²) in [6.07, 6.45) is 5.70. The molecule has 2 aliphatic heterocycles. The van der Waals surface area contributed by atoms with Crippen LogP contribution in [0, 0.1) is 5.92 Å². The lowest BCUT2D eigenvalue weighted by atomic mass is 9.97. The maximum Gasteiger partial charge on any atom is 0.227 e. The summed E-state index contributed by atoms with van der Waals surface area (Å²) in [4.78, 5) is 14.8. The molecule has 0 atom stereocenters. The Morgan fingerprint density at radius 3 is 2.39 bits per heavy atom. The van der Waals surface area contributed by atoms with Crippen molar-refractivity contribution in [1.82, 2.24) is 5.32 Å². The lowest BCUT2D eigenvalue weighted by Crippen LogP contribution is -2.35. The largest absolute Gasteiger partial charge is 0.370 e. The summed E-state index contributed by atoms with van der Waals surface area (Å²) < 4.78 is 0. The number of para-hydroxylation sites is 2. The monoisotopic (exact) mass is 359 g/mol. The van der Waals surface area contributed by atoms with E-state index >= 15 is 0 Å². The highest BCUT2D eigenvalue weighted by atomic mass is 35.5. The Labute approximate surface area is 151 Å². The number of carbonyl (C=O) groups excluding carboxylic acids is 1. The SMILES string of the molecule is Cl.Cl.O=C(Nc1ccccc1N1CCCCC1)C1CCNCC1. The molecule has 6 heteroatoms. The normalized spacial score (nSPS) is 18.5. The van der Waals surface area contributed by atoms with Crippen molar-refractivity contribution in [3.63, 3.8) is 0 Å². The van der Waals surface area contributed by atoms with Crippen LogP contribution in [0.2, 0.25) is 0 Å². The third-order valence-corrected chi connectivity index (χ3v) is 4.57. The fraction of sp³-hybridized carbons (Fsp3) is 0.588. The average molecular weight is 360 g/mol. The van der Waals surface area contributed by atoms with E-state index in [1.54, 1.807) is 0 Å². The van der Waals surface area contributed by atoms with Gasteiger partial charge in [0.2, 0.25) is 5.91 Å². The van der Waals surface area contributed by atoms with Crippen LogP contribution in [0.4, 0.5) is 11.4 Å². The van der Waals surface area contributed by atoms with Gasteiger partial charge < -0.3 is 15.5 Å². The van der Waals surface area contributed by atoms with Crippen LogP contribution >= 0.6 is 24.8 Å². The zero-order chi connectivity index (χ0) is 14.5. The van der Waals surface area contributed by atoms with E-state index < -0.39 is 0 Å². The van der Waals surface area contributed by atoms with Gasteiger partial charge in [0.15, 0.2) is 0 Å². The zero-order valence-corrected chi connectivity index (χ0v) is 15.1. The first-order valence-electron chi connectivity index (χ1n) is 8.20. The summed E-state index contributed by atoms with van der Waals surface area (Å²) in [5, 5.41) is 6.48. The van der Waals surface area contributed by atoms with E-state index in [9.17, 15) is 4.79 Å². The van der Waals surface area contributed by atoms with Gasteiger partial charge in [0, 0.05) is 19.0 Å². The number of piperidine rings is 2. The maximum atomic E-state index is 12.4. The zero-order valence-electron chi connectivity index (χ0n) is 13.4. The van der Waals surface area contributed by atoms with Crippen LogP contribution in [0.15, 0.2) is 24.3 Å². The fourth-order valence-corrected chi connectivity index (χ4v) is 3.31. The van der Waals surface area contributed by atoms with Crippen molar-refractivity contribution in [2.24, 2.45) is 5.92 Å². The molecule has 0 spiro atoms. The van der Waals surface area contributed by atoms with Crippen LogP contribution in [0.5, 0.6) is 0 Å². The summed E-state index contributed by atoms with van der Waals surface area (Å²) in [5.74, 6) is 0.335. The molecule has 2 N–H and O–H groups in total. The molecule has 1 aromatic rings. The summed E-state index contributed by atoms with van der Waals surface area (Å²) in [6, 6.07) is 8.22. The molecule has 0 aromatic heterocycles. The average Bonchev–Trinajstić information content (AvgIpc) is 2.57. The number of anilines is 2. The predicted octanol–water partition coefficient (Wildman–Crippen LogP) is 3.46. The second-order valence-corrected chi connectivity index (χ2v) is 6.08. The molecule has 2 aliphatic rings. The van der Waals surface area contributed by atoms with E-state index in [1.807, 2.05) is 12.1 Å². The van der Waals surface area contributed by atoms with Gasteiger partial charge in [-0.25, -0.2) is 0 Å². The molecule has 1 amide bonds. The number of rotatable bonds is 3. The fourth-order valence-electron chi connectivity index (χ4n) is 3.31. The Morgan fingerprint density at radius 2 is 1.70 bits per heavy atom. The molecule has 23 heavy (non-hydrogen) atoms. The molecule has 2 saturated heterocycles. The van der Waals surface area contributed by atoms with Crippen LogP contribution in [-0.2, 0) is 4.79 Å². The topological polar surface area (TPSA) is 44.4 Å². The van der Waals surface area contributed by atoms with Crippen molar-refractivity contribution < 1.29 is 4.79 Å². The third-order valence-electron chi connectivity index (χ3n) is 4.57. The lowest BCUT2D eigenvalue weighted by Gasteiger charge is -2.31. The van der Waals surface area contributed by atoms with Crippen molar-refractivity contribution in [2.75, 3.05) is 36.4 Å². The van der Waals surface area contributed by atoms with E-state index in [-0.39, 0.29) is 36.6 Å². The number of halogens is 2. The molecule has 0 bridgehead atoms. The highest BCUT2D eigenvalue weighted by Gasteiger charge is 2.22. The van der Waals surface area contributed by atoms with E-state index in [2.05, 4.69) is 27.7 Å². The van der Waals surface area contributed by atoms with Crippen LogP contribution in [0.3, 0.4) is 0 Å². The Kier molecular flexibility index (Phi) is 8.74. The summed E-state index contributed by atoms with van der Waals surface area (Å²) in [7, 11) is 0. The first-order chi connectivity index (χ1) is 10.3. The minimum absolute atomic E-state index is 0. The van der Waals surface area contributed by atoms with E-state index in [4.69, 9.17) is 0 Å². The van der Waals surface area contributed by atoms with Crippen LogP contribution < -0.4 is 15.5 Å². The van der Waals surface area contributed by atoms with Crippen molar-refractivity contribution >= 4 is 42.1 Å². The number of benzene rings is 1. The van der Waals surface area contributed by atoms with Crippen molar-refractivity contribution in [3.05, 3.63) is 24.3 Å². The maximum absolute atomic E-state index is 12.4. The molecule has 0 saturated carbocycles. The van der Waals surface area contributed by atoms with Gasteiger partial charge in [0.05, 0.1) is 11.4 Å². The molecule has 2 heterocycles. The van der Waals surface area contributed by atoms with Crippen LogP contribution in [0.25, 0.3) is 0 Å². The number of hydrogen-bond acceptors (Lipinski definition) is 3. The van der Waals surface area contributed by atoms with E-state index in [1.165, 1.54) is 24.9 Å². The Bertz CT molecular complexity index is 486. The van der Waals surface area contributed by atoms with Gasteiger partial charge in [-0.3, -0.25) is 4.79 Å². The van der Waals surface area contributed by atoms with Gasteiger partial charge >= 0.3 is 0 Å². The van der Waals surface area contributed by atoms with Gasteiger partial charge in [-0.1, -0.05) is 12.1 Å². The van der Waals surface area contributed by atoms with Gasteiger partial charge in [0.25, 0.3) is 0 Å². The summed E-state index contributed by atoms with van der Waals surface area (Å²) in [6.45, 7) is 4.10. The molecule has 2 fully saturated rings. The highest BCUT2D eigenvalue weighted by Crippen LogP contribution is 2.29. The second kappa shape index (κ2) is 10.0. The minimum atomic E-state index is 0. The molecule has 0 radical (unpaired) electrons. The molecule has 130 valence electrons. The van der Waals surface area contributed by atoms with Crippen LogP contribution in [0.1, 0.15) is 32.1 Å². The Balaban J connectivity index is 0.00000132. The van der Waals surface area contributed by atoms with Gasteiger partial charge in [-0.15, -0.1) is 24.8 Å². The van der Waals surface area contributed by atoms with E-state index in [0.717, 1.165) is 44.7 Å². The molecule has 3 rings (SSSR count). The summed E-state index contributed by atoms with van der Waals surface area (Å²) in [5.41, 5.74) is 2.16. The van der Waals surface area contributed by atoms with Crippen molar-refractivity contribution in [1.29, 1.82) is 0 Å². The summed E-state index contributed by atoms with van der Waals surface area (Å²) >= 11 is 0. The molecule has 4 nitrogen and oxygen atoms in total. The molecule has 0 unspecified atom stereocenters. The molecule has 1 aromatic carbocycles. The number of carbonyl (C=O) groups is 1. The van der Waals surface area contributed by atoms with Gasteiger partial charge in [-0.2, -0.15) is 0 Å². The van der Waals surface area contributed by atoms with E-state index in [0.29, 0.717) is 0 Å². The molecular weight excluding hydrogens is 333 g/mol. The molecular formula is C17H27Cl2N3O. The van der Waals surface area contributed by atoms with Crippen LogP contribution in [-0.4, -0.2) is 32.1 Å². The quantitative estimate of drug-likeness (QED) is 0.868. The van der Waals surface area contributed by atoms with Crippen molar-refractivity contribution in [2.45, 2.75) is 32.1 Å². The Morgan fingerprint density at radius 1 is 1.04 bits per heavy atom. The number of nitrogens with one attached hydrogen (secondary N) is 2. The predicted molar refractivity (Wildman–Crippen MR) is 101 cm³/mol. The smallest absolute Gasteiger partial charge is 0.227 e. The molecule has 0 aliphatic carbocycles. The first-order valence-corrected chi connectivity index (χ1v) is 8.20. The number of amides is 1. The van der Waals surface area contributed by atoms with Crippen molar-refractivity contribution in [3.8, 4) is 0 Å². The highest BCUT2D eigenvalue weighted by molar-refractivity contribution is 5.95. The standard InChI is InChI=1S/C17H25N3O.2ClH/c21-17(14-8-10-18-11-9-14)19-15-6-2-3-7-16(15)20-12-4-1-5-13-20;;/h2-3,6-7,14,18H,1,4-5,8-13H2,(H,19,21);2*1H. The third kappa shape index (κ3) is 5.27.